The van der Waals surface area contributed by atoms with E-state index in [9.17, 15) is 0 Å². The lowest BCUT2D eigenvalue weighted by Crippen LogP contribution is -3.14. The van der Waals surface area contributed by atoms with E-state index in [4.69, 9.17) is 9.47 Å². The van der Waals surface area contributed by atoms with Gasteiger partial charge in [-0.2, -0.15) is 0 Å². The molecule has 1 fully saturated rings. The zero-order chi connectivity index (χ0) is 12.8. The predicted molar refractivity (Wildman–Crippen MR) is 72.4 cm³/mol. The van der Waals surface area contributed by atoms with Gasteiger partial charge in [0, 0.05) is 6.42 Å². The lowest BCUT2D eigenvalue weighted by molar-refractivity contribution is -0.908. The highest BCUT2D eigenvalue weighted by Gasteiger charge is 2.12. The molecule has 3 heteroatoms. The van der Waals surface area contributed by atoms with Crippen LogP contribution in [0.5, 0.6) is 5.75 Å². The molecule has 0 atom stereocenters. The second-order valence-corrected chi connectivity index (χ2v) is 5.08. The minimum Gasteiger partial charge on any atom is -0.493 e. The van der Waals surface area contributed by atoms with Gasteiger partial charge in [-0.1, -0.05) is 12.1 Å². The minimum atomic E-state index is 0.814. The lowest BCUT2D eigenvalue weighted by Gasteiger charge is -2.23. The fraction of sp³-hybridized carbons (Fsp3) is 0.600. The maximum atomic E-state index is 5.86. The molecular formula is C15H24NO2+. The molecule has 18 heavy (non-hydrogen) atoms. The Bertz CT molecular complexity index is 373. The maximum Gasteiger partial charge on any atom is 0.122 e. The Hall–Kier alpha value is -1.06. The van der Waals surface area contributed by atoms with Gasteiger partial charge in [0.1, 0.15) is 18.8 Å². The van der Waals surface area contributed by atoms with Crippen molar-refractivity contribution in [1.82, 2.24) is 0 Å². The van der Waals surface area contributed by atoms with Crippen molar-refractivity contribution >= 4 is 0 Å². The van der Waals surface area contributed by atoms with Crippen LogP contribution in [-0.4, -0.2) is 39.5 Å². The topological polar surface area (TPSA) is 22.9 Å². The van der Waals surface area contributed by atoms with E-state index >= 15 is 0 Å². The first kappa shape index (κ1) is 13.4. The van der Waals surface area contributed by atoms with Gasteiger partial charge in [-0.15, -0.1) is 0 Å². The van der Waals surface area contributed by atoms with E-state index in [2.05, 4.69) is 32.0 Å². The molecule has 3 nitrogen and oxygen atoms in total. The quantitative estimate of drug-likeness (QED) is 0.788. The van der Waals surface area contributed by atoms with Gasteiger partial charge in [-0.25, -0.2) is 0 Å². The molecule has 1 aliphatic heterocycles. The Labute approximate surface area is 110 Å². The van der Waals surface area contributed by atoms with Crippen LogP contribution in [0, 0.1) is 13.8 Å². The Kier molecular flexibility index (Phi) is 5.02. The van der Waals surface area contributed by atoms with Gasteiger partial charge in [-0.3, -0.25) is 0 Å². The first-order valence-electron chi connectivity index (χ1n) is 6.87. The van der Waals surface area contributed by atoms with Gasteiger partial charge in [-0.05, 0) is 31.0 Å². The van der Waals surface area contributed by atoms with E-state index in [0.717, 1.165) is 45.1 Å². The van der Waals surface area contributed by atoms with Crippen LogP contribution in [0.15, 0.2) is 18.2 Å². The Morgan fingerprint density at radius 1 is 1.22 bits per heavy atom. The fourth-order valence-corrected chi connectivity index (χ4v) is 2.28. The van der Waals surface area contributed by atoms with Crippen LogP contribution in [0.2, 0.25) is 0 Å². The Morgan fingerprint density at radius 3 is 2.78 bits per heavy atom. The third-order valence-electron chi connectivity index (χ3n) is 3.48. The summed E-state index contributed by atoms with van der Waals surface area (Å²) in [7, 11) is 0. The number of nitrogens with one attached hydrogen (secondary N) is 1. The molecule has 100 valence electrons. The molecule has 2 rings (SSSR count). The summed E-state index contributed by atoms with van der Waals surface area (Å²) < 4.78 is 11.2. The summed E-state index contributed by atoms with van der Waals surface area (Å²) in [5, 5.41) is 0. The predicted octanol–water partition coefficient (Wildman–Crippen LogP) is 0.987. The fourth-order valence-electron chi connectivity index (χ4n) is 2.28. The molecule has 1 aliphatic rings. The van der Waals surface area contributed by atoms with Crippen molar-refractivity contribution < 1.29 is 14.4 Å². The summed E-state index contributed by atoms with van der Waals surface area (Å²) in [6.07, 6.45) is 1.11. The van der Waals surface area contributed by atoms with Gasteiger partial charge in [0.15, 0.2) is 0 Å². The standard InChI is InChI=1S/C15H23NO2/c1-13-4-5-14(2)15(12-13)18-9-3-6-16-7-10-17-11-8-16/h4-5,12H,3,6-11H2,1-2H3/p+1. The summed E-state index contributed by atoms with van der Waals surface area (Å²) in [6.45, 7) is 10.3. The third-order valence-corrected chi connectivity index (χ3v) is 3.48. The van der Waals surface area contributed by atoms with Crippen LogP contribution in [0.3, 0.4) is 0 Å². The van der Waals surface area contributed by atoms with Crippen molar-refractivity contribution in [3.8, 4) is 5.75 Å². The summed E-state index contributed by atoms with van der Waals surface area (Å²) in [5.74, 6) is 1.03. The second-order valence-electron chi connectivity index (χ2n) is 5.08. The monoisotopic (exact) mass is 250 g/mol. The lowest BCUT2D eigenvalue weighted by atomic mass is 10.1. The van der Waals surface area contributed by atoms with Crippen molar-refractivity contribution in [2.24, 2.45) is 0 Å². The van der Waals surface area contributed by atoms with Crippen molar-refractivity contribution in [1.29, 1.82) is 0 Å². The summed E-state index contributed by atoms with van der Waals surface area (Å²) in [5.41, 5.74) is 2.48. The van der Waals surface area contributed by atoms with E-state index in [1.807, 2.05) is 0 Å². The first-order chi connectivity index (χ1) is 8.75. The van der Waals surface area contributed by atoms with Crippen LogP contribution < -0.4 is 9.64 Å². The highest BCUT2D eigenvalue weighted by atomic mass is 16.5. The number of rotatable bonds is 5. The van der Waals surface area contributed by atoms with Crippen LogP contribution in [0.25, 0.3) is 0 Å². The highest BCUT2D eigenvalue weighted by Crippen LogP contribution is 2.18. The zero-order valence-electron chi connectivity index (χ0n) is 11.5. The molecule has 0 unspecified atom stereocenters. The van der Waals surface area contributed by atoms with Gasteiger partial charge in [0.05, 0.1) is 26.4 Å². The Balaban J connectivity index is 1.69. The molecule has 1 aromatic rings. The summed E-state index contributed by atoms with van der Waals surface area (Å²) >= 11 is 0. The molecule has 0 spiro atoms. The molecule has 1 saturated heterocycles. The average molecular weight is 250 g/mol. The zero-order valence-corrected chi connectivity index (χ0v) is 11.5. The minimum absolute atomic E-state index is 0.814. The van der Waals surface area contributed by atoms with Crippen LogP contribution in [0.1, 0.15) is 17.5 Å². The molecule has 0 saturated carbocycles. The van der Waals surface area contributed by atoms with E-state index in [-0.39, 0.29) is 0 Å². The van der Waals surface area contributed by atoms with Crippen molar-refractivity contribution in [2.75, 3.05) is 39.5 Å². The van der Waals surface area contributed by atoms with E-state index in [1.165, 1.54) is 17.7 Å². The number of benzene rings is 1. The van der Waals surface area contributed by atoms with E-state index in [0.29, 0.717) is 0 Å². The largest absolute Gasteiger partial charge is 0.493 e. The number of morpholine rings is 1. The summed E-state index contributed by atoms with van der Waals surface area (Å²) in [6, 6.07) is 6.37. The average Bonchev–Trinajstić information content (AvgIpc) is 2.40. The first-order valence-corrected chi connectivity index (χ1v) is 6.87. The van der Waals surface area contributed by atoms with Crippen molar-refractivity contribution in [3.05, 3.63) is 29.3 Å². The van der Waals surface area contributed by atoms with Gasteiger partial charge in [0.2, 0.25) is 0 Å². The highest BCUT2D eigenvalue weighted by molar-refractivity contribution is 5.35. The van der Waals surface area contributed by atoms with Crippen LogP contribution in [-0.2, 0) is 4.74 Å². The van der Waals surface area contributed by atoms with Crippen LogP contribution in [0.4, 0.5) is 0 Å². The van der Waals surface area contributed by atoms with Gasteiger partial charge >= 0.3 is 0 Å². The molecular weight excluding hydrogens is 226 g/mol. The third kappa shape index (κ3) is 4.00. The molecule has 1 aromatic carbocycles. The molecule has 0 amide bonds. The van der Waals surface area contributed by atoms with Gasteiger partial charge in [0.25, 0.3) is 0 Å². The van der Waals surface area contributed by atoms with E-state index < -0.39 is 0 Å². The van der Waals surface area contributed by atoms with Crippen molar-refractivity contribution in [3.63, 3.8) is 0 Å². The second kappa shape index (κ2) is 6.76. The van der Waals surface area contributed by atoms with Gasteiger partial charge < -0.3 is 14.4 Å². The SMILES string of the molecule is Cc1ccc(C)c(OCCC[NH+]2CCOCC2)c1. The Morgan fingerprint density at radius 2 is 2.00 bits per heavy atom. The molecule has 0 aromatic heterocycles. The number of ether oxygens (including phenoxy) is 2. The molecule has 1 heterocycles. The smallest absolute Gasteiger partial charge is 0.122 e. The molecule has 0 aliphatic carbocycles. The van der Waals surface area contributed by atoms with Crippen LogP contribution >= 0.6 is 0 Å². The maximum absolute atomic E-state index is 5.86. The summed E-state index contributed by atoms with van der Waals surface area (Å²) in [4.78, 5) is 1.64. The molecule has 0 bridgehead atoms. The molecule has 1 N–H and O–H groups in total. The number of quaternary nitrogens is 1. The van der Waals surface area contributed by atoms with Crippen molar-refractivity contribution in [2.45, 2.75) is 20.3 Å². The number of aryl methyl sites for hydroxylation is 2. The van der Waals surface area contributed by atoms with E-state index in [1.54, 1.807) is 4.90 Å². The number of hydrogen-bond donors (Lipinski definition) is 1. The normalized spacial score (nSPS) is 16.8. The number of hydrogen-bond acceptors (Lipinski definition) is 2. The molecule has 0 radical (unpaired) electrons.